The van der Waals surface area contributed by atoms with E-state index in [2.05, 4.69) is 17.9 Å². The van der Waals surface area contributed by atoms with E-state index in [4.69, 9.17) is 4.74 Å². The maximum absolute atomic E-state index is 12.2. The molecule has 0 fully saturated rings. The van der Waals surface area contributed by atoms with Gasteiger partial charge in [-0.25, -0.2) is 0 Å². The van der Waals surface area contributed by atoms with Gasteiger partial charge in [-0.2, -0.15) is 0 Å². The van der Waals surface area contributed by atoms with Crippen molar-refractivity contribution in [2.75, 3.05) is 33.4 Å². The molecule has 0 radical (unpaired) electrons. The first-order valence-electron chi connectivity index (χ1n) is 6.89. The molecule has 0 bridgehead atoms. The monoisotopic (exact) mass is 263 g/mol. The van der Waals surface area contributed by atoms with Crippen molar-refractivity contribution in [2.24, 2.45) is 0 Å². The molecule has 3 heteroatoms. The van der Waals surface area contributed by atoms with Crippen LogP contribution in [0.15, 0.2) is 18.2 Å². The van der Waals surface area contributed by atoms with Crippen LogP contribution in [0.25, 0.3) is 0 Å². The molecule has 0 spiro atoms. The highest BCUT2D eigenvalue weighted by atomic mass is 16.5. The number of ketones is 1. The standard InChI is InChI=1S/C16H25NO2/c1-5-17(8-9-19-4)7-6-16(18)15-11-13(2)10-14(3)12-15/h10-12H,5-9H2,1-4H3. The number of benzene rings is 1. The van der Waals surface area contributed by atoms with Gasteiger partial charge in [0.05, 0.1) is 6.61 Å². The van der Waals surface area contributed by atoms with Gasteiger partial charge in [-0.3, -0.25) is 4.79 Å². The lowest BCUT2D eigenvalue weighted by molar-refractivity contribution is 0.0952. The van der Waals surface area contributed by atoms with Crippen molar-refractivity contribution >= 4 is 5.78 Å². The van der Waals surface area contributed by atoms with Crippen molar-refractivity contribution in [1.82, 2.24) is 4.90 Å². The fourth-order valence-electron chi connectivity index (χ4n) is 2.19. The van der Waals surface area contributed by atoms with Crippen molar-refractivity contribution < 1.29 is 9.53 Å². The average molecular weight is 263 g/mol. The lowest BCUT2D eigenvalue weighted by atomic mass is 10.0. The van der Waals surface area contributed by atoms with E-state index in [0.29, 0.717) is 13.0 Å². The largest absolute Gasteiger partial charge is 0.383 e. The number of hydrogen-bond donors (Lipinski definition) is 0. The topological polar surface area (TPSA) is 29.5 Å². The minimum atomic E-state index is 0.225. The van der Waals surface area contributed by atoms with E-state index in [0.717, 1.165) is 36.3 Å². The molecule has 1 aromatic rings. The molecule has 3 nitrogen and oxygen atoms in total. The van der Waals surface area contributed by atoms with E-state index in [-0.39, 0.29) is 5.78 Å². The summed E-state index contributed by atoms with van der Waals surface area (Å²) in [6, 6.07) is 6.04. The van der Waals surface area contributed by atoms with Crippen LogP contribution < -0.4 is 0 Å². The number of likely N-dealkylation sites (N-methyl/N-ethyl adjacent to an activating group) is 1. The number of nitrogens with zero attached hydrogens (tertiary/aromatic N) is 1. The van der Waals surface area contributed by atoms with Gasteiger partial charge in [0.1, 0.15) is 0 Å². The summed E-state index contributed by atoms with van der Waals surface area (Å²) in [5.74, 6) is 0.225. The second-order valence-electron chi connectivity index (χ2n) is 4.98. The highest BCUT2D eigenvalue weighted by Crippen LogP contribution is 2.11. The summed E-state index contributed by atoms with van der Waals surface area (Å²) in [6.45, 7) is 9.51. The molecule has 0 saturated heterocycles. The third-order valence-corrected chi connectivity index (χ3v) is 3.26. The normalized spacial score (nSPS) is 11.0. The van der Waals surface area contributed by atoms with Crippen LogP contribution in [-0.4, -0.2) is 44.0 Å². The fourth-order valence-corrected chi connectivity index (χ4v) is 2.19. The third-order valence-electron chi connectivity index (χ3n) is 3.26. The third kappa shape index (κ3) is 5.53. The number of carbonyl (C=O) groups excluding carboxylic acids is 1. The predicted molar refractivity (Wildman–Crippen MR) is 78.9 cm³/mol. The van der Waals surface area contributed by atoms with E-state index in [9.17, 15) is 4.79 Å². The molecule has 0 heterocycles. The Morgan fingerprint density at radius 1 is 1.16 bits per heavy atom. The van der Waals surface area contributed by atoms with Crippen LogP contribution in [0.2, 0.25) is 0 Å². The Kier molecular flexibility index (Phi) is 6.74. The lowest BCUT2D eigenvalue weighted by Gasteiger charge is -2.19. The van der Waals surface area contributed by atoms with Crippen LogP contribution in [0.4, 0.5) is 0 Å². The molecule has 1 rings (SSSR count). The van der Waals surface area contributed by atoms with Crippen LogP contribution in [0, 0.1) is 13.8 Å². The summed E-state index contributed by atoms with van der Waals surface area (Å²) in [5, 5.41) is 0. The van der Waals surface area contributed by atoms with Gasteiger partial charge in [-0.1, -0.05) is 24.1 Å². The summed E-state index contributed by atoms with van der Waals surface area (Å²) in [5.41, 5.74) is 3.13. The molecule has 0 saturated carbocycles. The van der Waals surface area contributed by atoms with Crippen LogP contribution in [-0.2, 0) is 4.74 Å². The van der Waals surface area contributed by atoms with Gasteiger partial charge < -0.3 is 9.64 Å². The van der Waals surface area contributed by atoms with Crippen molar-refractivity contribution in [1.29, 1.82) is 0 Å². The van der Waals surface area contributed by atoms with Crippen molar-refractivity contribution in [3.05, 3.63) is 34.9 Å². The molecular weight excluding hydrogens is 238 g/mol. The number of aryl methyl sites for hydroxylation is 2. The van der Waals surface area contributed by atoms with Gasteiger partial charge in [-0.15, -0.1) is 0 Å². The smallest absolute Gasteiger partial charge is 0.164 e. The Bertz CT molecular complexity index is 395. The van der Waals surface area contributed by atoms with Gasteiger partial charge in [0.2, 0.25) is 0 Å². The Morgan fingerprint density at radius 2 is 1.79 bits per heavy atom. The van der Waals surface area contributed by atoms with E-state index in [1.807, 2.05) is 26.0 Å². The molecule has 0 unspecified atom stereocenters. The molecule has 0 atom stereocenters. The molecule has 0 N–H and O–H groups in total. The number of methoxy groups -OCH3 is 1. The molecule has 0 aliphatic rings. The zero-order chi connectivity index (χ0) is 14.3. The first-order valence-corrected chi connectivity index (χ1v) is 6.89. The Hall–Kier alpha value is -1.19. The van der Waals surface area contributed by atoms with Crippen molar-refractivity contribution in [3.8, 4) is 0 Å². The molecule has 0 aliphatic carbocycles. The lowest BCUT2D eigenvalue weighted by Crippen LogP contribution is -2.29. The first kappa shape index (κ1) is 15.9. The minimum absolute atomic E-state index is 0.225. The van der Waals surface area contributed by atoms with E-state index in [1.54, 1.807) is 7.11 Å². The van der Waals surface area contributed by atoms with Crippen LogP contribution in [0.3, 0.4) is 0 Å². The first-order chi connectivity index (χ1) is 9.06. The highest BCUT2D eigenvalue weighted by Gasteiger charge is 2.09. The summed E-state index contributed by atoms with van der Waals surface area (Å²) >= 11 is 0. The molecule has 0 amide bonds. The molecule has 0 aromatic heterocycles. The Labute approximate surface area is 116 Å². The molecule has 19 heavy (non-hydrogen) atoms. The SMILES string of the molecule is CCN(CCOC)CCC(=O)c1cc(C)cc(C)c1. The quantitative estimate of drug-likeness (QED) is 0.675. The molecule has 0 aliphatic heterocycles. The molecule has 1 aromatic carbocycles. The number of hydrogen-bond acceptors (Lipinski definition) is 3. The van der Waals surface area contributed by atoms with Gasteiger partial charge in [-0.05, 0) is 32.5 Å². The van der Waals surface area contributed by atoms with Crippen LogP contribution in [0.5, 0.6) is 0 Å². The molecular formula is C16H25NO2. The number of rotatable bonds is 8. The second-order valence-corrected chi connectivity index (χ2v) is 4.98. The number of Topliss-reactive ketones (excluding diaryl/α,β-unsaturated/α-hetero) is 1. The van der Waals surface area contributed by atoms with Crippen LogP contribution >= 0.6 is 0 Å². The predicted octanol–water partition coefficient (Wildman–Crippen LogP) is 2.84. The van der Waals surface area contributed by atoms with E-state index >= 15 is 0 Å². The molecule has 106 valence electrons. The average Bonchev–Trinajstić information content (AvgIpc) is 2.37. The second kappa shape index (κ2) is 8.08. The summed E-state index contributed by atoms with van der Waals surface area (Å²) < 4.78 is 5.07. The summed E-state index contributed by atoms with van der Waals surface area (Å²) in [6.07, 6.45) is 0.570. The van der Waals surface area contributed by atoms with Crippen LogP contribution in [0.1, 0.15) is 34.8 Å². The zero-order valence-corrected chi connectivity index (χ0v) is 12.5. The fraction of sp³-hybridized carbons (Fsp3) is 0.562. The van der Waals surface area contributed by atoms with Crippen molar-refractivity contribution in [2.45, 2.75) is 27.2 Å². The van der Waals surface area contributed by atoms with Gasteiger partial charge >= 0.3 is 0 Å². The highest BCUT2D eigenvalue weighted by molar-refractivity contribution is 5.96. The van der Waals surface area contributed by atoms with Gasteiger partial charge in [0.25, 0.3) is 0 Å². The van der Waals surface area contributed by atoms with Gasteiger partial charge in [0.15, 0.2) is 5.78 Å². The van der Waals surface area contributed by atoms with E-state index in [1.165, 1.54) is 0 Å². The Balaban J connectivity index is 2.54. The zero-order valence-electron chi connectivity index (χ0n) is 12.5. The maximum Gasteiger partial charge on any atom is 0.164 e. The minimum Gasteiger partial charge on any atom is -0.383 e. The van der Waals surface area contributed by atoms with E-state index < -0.39 is 0 Å². The maximum atomic E-state index is 12.2. The van der Waals surface area contributed by atoms with Crippen molar-refractivity contribution in [3.63, 3.8) is 0 Å². The summed E-state index contributed by atoms with van der Waals surface area (Å²) in [4.78, 5) is 14.4. The number of carbonyl (C=O) groups is 1. The Morgan fingerprint density at radius 3 is 2.32 bits per heavy atom. The summed E-state index contributed by atoms with van der Waals surface area (Å²) in [7, 11) is 1.70. The van der Waals surface area contributed by atoms with Gasteiger partial charge in [0, 0.05) is 32.2 Å². The number of ether oxygens (including phenoxy) is 1.